The number of nitrogens with two attached hydrogens (primary N) is 1. The number of ether oxygens (including phenoxy) is 1. The zero-order chi connectivity index (χ0) is 10.2. The lowest BCUT2D eigenvalue weighted by molar-refractivity contribution is -0.125. The number of carbonyl (C=O) groups is 1. The number of hydroxylamine groups is 1. The number of morpholine rings is 1. The Morgan fingerprint density at radius 1 is 1.50 bits per heavy atom. The van der Waals surface area contributed by atoms with Crippen LogP contribution in [0.2, 0.25) is 0 Å². The molecule has 6 nitrogen and oxygen atoms in total. The van der Waals surface area contributed by atoms with E-state index in [-0.39, 0.29) is 6.61 Å². The van der Waals surface area contributed by atoms with Crippen molar-refractivity contribution in [3.05, 3.63) is 0 Å². The number of hydrogen-bond acceptors (Lipinski definition) is 5. The lowest BCUT2D eigenvalue weighted by Crippen LogP contribution is -2.40. The zero-order valence-electron chi connectivity index (χ0n) is 8.20. The molecule has 1 fully saturated rings. The van der Waals surface area contributed by atoms with Gasteiger partial charge in [0.2, 0.25) is 5.91 Å². The number of primary amides is 1. The van der Waals surface area contributed by atoms with E-state index in [1.807, 2.05) is 0 Å². The van der Waals surface area contributed by atoms with E-state index in [9.17, 15) is 4.79 Å². The molecule has 14 heavy (non-hydrogen) atoms. The fourth-order valence-corrected chi connectivity index (χ4v) is 1.22. The van der Waals surface area contributed by atoms with E-state index in [1.165, 1.54) is 0 Å². The van der Waals surface area contributed by atoms with Crippen LogP contribution in [-0.4, -0.2) is 56.8 Å². The fraction of sp³-hybridized carbons (Fsp3) is 0.875. The number of carbonyl (C=O) groups excluding carboxylic acids is 1. The van der Waals surface area contributed by atoms with Gasteiger partial charge >= 0.3 is 0 Å². The van der Waals surface area contributed by atoms with E-state index in [1.54, 1.807) is 0 Å². The average Bonchev–Trinajstić information content (AvgIpc) is 2.18. The molecule has 0 aliphatic carbocycles. The van der Waals surface area contributed by atoms with Crippen LogP contribution in [0, 0.1) is 0 Å². The molecule has 0 spiro atoms. The van der Waals surface area contributed by atoms with Gasteiger partial charge in [-0.2, -0.15) is 0 Å². The van der Waals surface area contributed by atoms with Gasteiger partial charge in [-0.1, -0.05) is 0 Å². The van der Waals surface area contributed by atoms with Gasteiger partial charge in [-0.15, -0.1) is 0 Å². The summed E-state index contributed by atoms with van der Waals surface area (Å²) in [7, 11) is 0. The first kappa shape index (κ1) is 11.4. The number of nitrogens with one attached hydrogen (secondary N) is 1. The second kappa shape index (κ2) is 6.72. The lowest BCUT2D eigenvalue weighted by Gasteiger charge is -2.26. The lowest BCUT2D eigenvalue weighted by atomic mass is 10.4. The first-order valence-corrected chi connectivity index (χ1v) is 4.72. The predicted octanol–water partition coefficient (Wildman–Crippen LogP) is -1.67. The molecular formula is C8H17N3O3. The Kier molecular flexibility index (Phi) is 5.46. The highest BCUT2D eigenvalue weighted by Crippen LogP contribution is 1.94. The van der Waals surface area contributed by atoms with Crippen molar-refractivity contribution >= 4 is 5.91 Å². The summed E-state index contributed by atoms with van der Waals surface area (Å²) in [6, 6.07) is 0. The van der Waals surface area contributed by atoms with Crippen LogP contribution in [0.1, 0.15) is 0 Å². The Hall–Kier alpha value is -0.690. The molecule has 6 heteroatoms. The van der Waals surface area contributed by atoms with Gasteiger partial charge in [0, 0.05) is 26.2 Å². The maximum Gasteiger partial charge on any atom is 0.245 e. The normalized spacial score (nSPS) is 18.3. The van der Waals surface area contributed by atoms with Gasteiger partial charge in [0.25, 0.3) is 0 Å². The first-order chi connectivity index (χ1) is 6.79. The smallest absolute Gasteiger partial charge is 0.245 e. The molecule has 0 aromatic heterocycles. The second-order valence-corrected chi connectivity index (χ2v) is 3.10. The molecule has 0 saturated carbocycles. The SMILES string of the molecule is NC(=O)CONCCN1CCOCC1. The van der Waals surface area contributed by atoms with Crippen molar-refractivity contribution < 1.29 is 14.4 Å². The number of hydrogen-bond donors (Lipinski definition) is 2. The van der Waals surface area contributed by atoms with Crippen LogP contribution in [0.4, 0.5) is 0 Å². The maximum absolute atomic E-state index is 10.3. The minimum Gasteiger partial charge on any atom is -0.379 e. The third-order valence-corrected chi connectivity index (χ3v) is 1.95. The van der Waals surface area contributed by atoms with Crippen LogP contribution >= 0.6 is 0 Å². The molecule has 1 amide bonds. The minimum absolute atomic E-state index is 0.0802. The quantitative estimate of drug-likeness (QED) is 0.398. The molecule has 0 aromatic rings. The maximum atomic E-state index is 10.3. The number of amides is 1. The molecule has 0 aromatic carbocycles. The second-order valence-electron chi connectivity index (χ2n) is 3.10. The van der Waals surface area contributed by atoms with E-state index in [2.05, 4.69) is 10.4 Å². The molecule has 1 heterocycles. The Labute approximate surface area is 83.3 Å². The molecule has 0 unspecified atom stereocenters. The monoisotopic (exact) mass is 203 g/mol. The summed E-state index contributed by atoms with van der Waals surface area (Å²) in [6.07, 6.45) is 0. The van der Waals surface area contributed by atoms with Crippen molar-refractivity contribution in [1.29, 1.82) is 0 Å². The molecule has 0 radical (unpaired) electrons. The van der Waals surface area contributed by atoms with E-state index in [0.717, 1.165) is 32.8 Å². The molecule has 3 N–H and O–H groups in total. The first-order valence-electron chi connectivity index (χ1n) is 4.72. The van der Waals surface area contributed by atoms with Crippen LogP contribution in [0.15, 0.2) is 0 Å². The van der Waals surface area contributed by atoms with Crippen molar-refractivity contribution in [2.45, 2.75) is 0 Å². The number of nitrogens with zero attached hydrogens (tertiary/aromatic N) is 1. The summed E-state index contributed by atoms with van der Waals surface area (Å²) < 4.78 is 5.20. The Morgan fingerprint density at radius 2 is 2.21 bits per heavy atom. The molecule has 1 aliphatic heterocycles. The van der Waals surface area contributed by atoms with Gasteiger partial charge in [0.05, 0.1) is 13.2 Å². The highest BCUT2D eigenvalue weighted by Gasteiger charge is 2.08. The van der Waals surface area contributed by atoms with E-state index >= 15 is 0 Å². The molecule has 1 rings (SSSR count). The van der Waals surface area contributed by atoms with Crippen molar-refractivity contribution in [2.24, 2.45) is 5.73 Å². The van der Waals surface area contributed by atoms with E-state index < -0.39 is 5.91 Å². The van der Waals surface area contributed by atoms with Crippen LogP contribution in [0.3, 0.4) is 0 Å². The van der Waals surface area contributed by atoms with Crippen molar-refractivity contribution in [1.82, 2.24) is 10.4 Å². The van der Waals surface area contributed by atoms with Crippen LogP contribution in [-0.2, 0) is 14.4 Å². The Bertz CT molecular complexity index is 171. The summed E-state index contributed by atoms with van der Waals surface area (Å²) in [6.45, 7) is 5.00. The third-order valence-electron chi connectivity index (χ3n) is 1.95. The summed E-state index contributed by atoms with van der Waals surface area (Å²) in [5, 5.41) is 0. The van der Waals surface area contributed by atoms with Crippen molar-refractivity contribution in [3.63, 3.8) is 0 Å². The van der Waals surface area contributed by atoms with Crippen LogP contribution < -0.4 is 11.2 Å². The molecule has 0 bridgehead atoms. The fourth-order valence-electron chi connectivity index (χ4n) is 1.22. The largest absolute Gasteiger partial charge is 0.379 e. The summed E-state index contributed by atoms with van der Waals surface area (Å²) in [5.74, 6) is -0.469. The predicted molar refractivity (Wildman–Crippen MR) is 50.4 cm³/mol. The number of rotatable bonds is 6. The molecular weight excluding hydrogens is 186 g/mol. The zero-order valence-corrected chi connectivity index (χ0v) is 8.20. The highest BCUT2D eigenvalue weighted by atomic mass is 16.6. The molecule has 82 valence electrons. The minimum atomic E-state index is -0.469. The van der Waals surface area contributed by atoms with Gasteiger partial charge in [-0.05, 0) is 0 Å². The van der Waals surface area contributed by atoms with Crippen molar-refractivity contribution in [2.75, 3.05) is 46.0 Å². The molecule has 1 saturated heterocycles. The third kappa shape index (κ3) is 5.13. The van der Waals surface area contributed by atoms with Gasteiger partial charge in [-0.25, -0.2) is 5.48 Å². The standard InChI is InChI=1S/C8H17N3O3/c9-8(12)7-14-10-1-2-11-3-5-13-6-4-11/h10H,1-7H2,(H2,9,12). The van der Waals surface area contributed by atoms with E-state index in [4.69, 9.17) is 15.3 Å². The summed E-state index contributed by atoms with van der Waals surface area (Å²) >= 11 is 0. The van der Waals surface area contributed by atoms with E-state index in [0.29, 0.717) is 6.54 Å². The highest BCUT2D eigenvalue weighted by molar-refractivity contribution is 5.74. The van der Waals surface area contributed by atoms with Gasteiger partial charge < -0.3 is 10.5 Å². The summed E-state index contributed by atoms with van der Waals surface area (Å²) in [4.78, 5) is 17.4. The topological polar surface area (TPSA) is 76.8 Å². The van der Waals surface area contributed by atoms with Crippen LogP contribution in [0.25, 0.3) is 0 Å². The van der Waals surface area contributed by atoms with Gasteiger partial charge in [-0.3, -0.25) is 14.5 Å². The molecule has 1 aliphatic rings. The average molecular weight is 203 g/mol. The van der Waals surface area contributed by atoms with Crippen LogP contribution in [0.5, 0.6) is 0 Å². The van der Waals surface area contributed by atoms with Gasteiger partial charge in [0.1, 0.15) is 6.61 Å². The van der Waals surface area contributed by atoms with Crippen molar-refractivity contribution in [3.8, 4) is 0 Å². The van der Waals surface area contributed by atoms with Gasteiger partial charge in [0.15, 0.2) is 0 Å². The summed E-state index contributed by atoms with van der Waals surface area (Å²) in [5.41, 5.74) is 7.57. The Morgan fingerprint density at radius 3 is 2.86 bits per heavy atom. The molecule has 0 atom stereocenters. The Balaban J connectivity index is 1.90.